The monoisotopic (exact) mass is 302 g/mol. The van der Waals surface area contributed by atoms with Gasteiger partial charge in [-0.05, 0) is 89.6 Å². The molecule has 0 fully saturated rings. The van der Waals surface area contributed by atoms with E-state index in [1.54, 1.807) is 0 Å². The van der Waals surface area contributed by atoms with Crippen LogP contribution >= 0.6 is 0 Å². The van der Waals surface area contributed by atoms with E-state index in [2.05, 4.69) is 84.9 Å². The van der Waals surface area contributed by atoms with Crippen LogP contribution in [0.25, 0.3) is 22.9 Å². The smallest absolute Gasteiger partial charge is 0.00986 e. The van der Waals surface area contributed by atoms with Gasteiger partial charge in [-0.15, -0.1) is 0 Å². The molecule has 24 heavy (non-hydrogen) atoms. The third-order valence-corrected chi connectivity index (χ3v) is 5.30. The predicted molar refractivity (Wildman–Crippen MR) is 98.6 cm³/mol. The van der Waals surface area contributed by atoms with Crippen LogP contribution in [0.15, 0.2) is 72.8 Å². The van der Waals surface area contributed by atoms with Gasteiger partial charge in [-0.25, -0.2) is 0 Å². The van der Waals surface area contributed by atoms with E-state index >= 15 is 0 Å². The Labute approximate surface area is 138 Å². The van der Waals surface area contributed by atoms with Crippen molar-refractivity contribution in [1.82, 2.24) is 0 Å². The number of hydrogen-bond acceptors (Lipinski definition) is 0. The van der Waals surface area contributed by atoms with Gasteiger partial charge in [-0.1, -0.05) is 48.5 Å². The molecule has 0 saturated carbocycles. The second-order valence-corrected chi connectivity index (χ2v) is 6.69. The molecule has 6 rings (SSSR count). The van der Waals surface area contributed by atoms with Crippen LogP contribution in [0.4, 0.5) is 0 Å². The van der Waals surface area contributed by atoms with Gasteiger partial charge in [0.1, 0.15) is 0 Å². The number of rotatable bonds is 0. The summed E-state index contributed by atoms with van der Waals surface area (Å²) in [4.78, 5) is 0. The topological polar surface area (TPSA) is 0 Å². The number of benzene rings is 4. The summed E-state index contributed by atoms with van der Waals surface area (Å²) < 4.78 is 0. The highest BCUT2D eigenvalue weighted by atomic mass is 14.1. The summed E-state index contributed by atoms with van der Waals surface area (Å²) >= 11 is 0. The van der Waals surface area contributed by atoms with Gasteiger partial charge >= 0.3 is 0 Å². The highest BCUT2D eigenvalue weighted by molar-refractivity contribution is 5.83. The summed E-state index contributed by atoms with van der Waals surface area (Å²) in [7, 11) is 0. The van der Waals surface area contributed by atoms with Gasteiger partial charge in [-0.3, -0.25) is 0 Å². The Balaban J connectivity index is 1.83. The normalized spacial score (nSPS) is 12.8. The molecule has 4 aromatic rings. The van der Waals surface area contributed by atoms with Gasteiger partial charge in [0.25, 0.3) is 0 Å². The second-order valence-electron chi connectivity index (χ2n) is 6.69. The van der Waals surface area contributed by atoms with Crippen LogP contribution in [0.2, 0.25) is 0 Å². The molecule has 0 heterocycles. The fraction of sp³-hybridized carbons (Fsp3) is 0. The molecule has 110 valence electrons. The molecule has 0 aliphatic heterocycles. The quantitative estimate of drug-likeness (QED) is 0.401. The lowest BCUT2D eigenvalue weighted by molar-refractivity contribution is 1.44. The Morgan fingerprint density at radius 3 is 1.88 bits per heavy atom. The van der Waals surface area contributed by atoms with E-state index in [4.69, 9.17) is 0 Å². The molecule has 0 spiro atoms. The van der Waals surface area contributed by atoms with Gasteiger partial charge in [0.05, 0.1) is 0 Å². The van der Waals surface area contributed by atoms with Gasteiger partial charge in [0.2, 0.25) is 0 Å². The van der Waals surface area contributed by atoms with Crippen molar-refractivity contribution >= 4 is 22.9 Å². The lowest BCUT2D eigenvalue weighted by atomic mass is 10.1. The molecule has 0 saturated heterocycles. The minimum atomic E-state index is 1.31. The minimum absolute atomic E-state index is 1.31. The second kappa shape index (κ2) is 4.24. The molecular weight excluding hydrogens is 288 g/mol. The molecule has 0 atom stereocenters. The van der Waals surface area contributed by atoms with Gasteiger partial charge in [0, 0.05) is 0 Å². The Hall–Kier alpha value is -3.12. The molecule has 0 radical (unpaired) electrons. The third kappa shape index (κ3) is 1.53. The molecule has 2 aliphatic carbocycles. The first-order valence-electron chi connectivity index (χ1n) is 8.37. The van der Waals surface area contributed by atoms with Crippen LogP contribution in [0, 0.1) is 20.9 Å². The third-order valence-electron chi connectivity index (χ3n) is 5.30. The van der Waals surface area contributed by atoms with Gasteiger partial charge in [-0.2, -0.15) is 0 Å². The zero-order valence-electron chi connectivity index (χ0n) is 13.1. The van der Waals surface area contributed by atoms with Crippen molar-refractivity contribution in [3.63, 3.8) is 0 Å². The van der Waals surface area contributed by atoms with Crippen LogP contribution in [0.5, 0.6) is 0 Å². The maximum absolute atomic E-state index is 2.36. The Morgan fingerprint density at radius 2 is 1.04 bits per heavy atom. The van der Waals surface area contributed by atoms with Crippen molar-refractivity contribution in [3.8, 4) is 0 Å². The van der Waals surface area contributed by atoms with Crippen molar-refractivity contribution in [2.24, 2.45) is 0 Å². The Bertz CT molecular complexity index is 1490. The fourth-order valence-electron chi connectivity index (χ4n) is 4.15. The fourth-order valence-corrected chi connectivity index (χ4v) is 4.15. The molecule has 0 unspecified atom stereocenters. The van der Waals surface area contributed by atoms with Crippen LogP contribution in [-0.2, 0) is 0 Å². The van der Waals surface area contributed by atoms with Gasteiger partial charge < -0.3 is 0 Å². The molecule has 2 aliphatic rings. The summed E-state index contributed by atoms with van der Waals surface area (Å²) in [6.45, 7) is 0. The first kappa shape index (κ1) is 12.3. The number of fused-ring (bicyclic) bond motifs is 5. The summed E-state index contributed by atoms with van der Waals surface area (Å²) in [5.74, 6) is 0. The summed E-state index contributed by atoms with van der Waals surface area (Å²) in [6, 6.07) is 26.6. The largest absolute Gasteiger partial charge is 0.0616 e. The maximum atomic E-state index is 2.36. The molecule has 4 aromatic carbocycles. The van der Waals surface area contributed by atoms with Crippen molar-refractivity contribution < 1.29 is 0 Å². The van der Waals surface area contributed by atoms with E-state index in [0.717, 1.165) is 0 Å². The maximum Gasteiger partial charge on any atom is -0.00986 e. The van der Waals surface area contributed by atoms with Gasteiger partial charge in [0.15, 0.2) is 0 Å². The van der Waals surface area contributed by atoms with E-state index in [0.29, 0.717) is 0 Å². The zero-order chi connectivity index (χ0) is 15.7. The van der Waals surface area contributed by atoms with Crippen LogP contribution in [0.1, 0.15) is 11.1 Å². The van der Waals surface area contributed by atoms with Crippen LogP contribution < -0.4 is 10.4 Å². The average Bonchev–Trinajstić information content (AvgIpc) is 3.15. The molecular formula is C24H14. The van der Waals surface area contributed by atoms with Crippen molar-refractivity contribution in [3.05, 3.63) is 115 Å². The highest BCUT2D eigenvalue weighted by Gasteiger charge is 2.09. The molecule has 0 bridgehead atoms. The molecule has 0 amide bonds. The van der Waals surface area contributed by atoms with Crippen molar-refractivity contribution in [2.45, 2.75) is 0 Å². The first-order chi connectivity index (χ1) is 11.9. The van der Waals surface area contributed by atoms with Crippen LogP contribution in [-0.4, -0.2) is 0 Å². The molecule has 0 nitrogen and oxygen atoms in total. The molecule has 0 aromatic heterocycles. The van der Waals surface area contributed by atoms with E-state index < -0.39 is 0 Å². The standard InChI is InChI=1S/C24H14/c1-2-6-16-12-23-18(9-15(16)5-1)11-20-13-22-19(14-24(20)23)10-17-7-3-4-8-21(17)22/h1-14H. The number of hydrogen-bond donors (Lipinski definition) is 0. The van der Waals surface area contributed by atoms with Crippen LogP contribution in [0.3, 0.4) is 0 Å². The highest BCUT2D eigenvalue weighted by Crippen LogP contribution is 2.20. The van der Waals surface area contributed by atoms with E-state index in [9.17, 15) is 0 Å². The predicted octanol–water partition coefficient (Wildman–Crippen LogP) is 3.70. The average molecular weight is 302 g/mol. The van der Waals surface area contributed by atoms with Crippen molar-refractivity contribution in [2.75, 3.05) is 0 Å². The summed E-state index contributed by atoms with van der Waals surface area (Å²) in [5.41, 5.74) is 2.67. The Morgan fingerprint density at radius 1 is 0.417 bits per heavy atom. The SMILES string of the molecule is C1=c2ccccc2=c2cc3c(cc21)=c1cc2ccccc2cc1=C3. The summed E-state index contributed by atoms with van der Waals surface area (Å²) in [5, 5.41) is 10.7. The first-order valence-corrected chi connectivity index (χ1v) is 8.37. The molecule has 0 heteroatoms. The van der Waals surface area contributed by atoms with Crippen molar-refractivity contribution in [1.29, 1.82) is 0 Å². The van der Waals surface area contributed by atoms with E-state index in [1.807, 2.05) is 0 Å². The lowest BCUT2D eigenvalue weighted by Gasteiger charge is -1.97. The minimum Gasteiger partial charge on any atom is -0.0616 e. The zero-order valence-corrected chi connectivity index (χ0v) is 13.1. The molecule has 0 N–H and O–H groups in total. The lowest BCUT2D eigenvalue weighted by Crippen LogP contribution is -1.99. The summed E-state index contributed by atoms with van der Waals surface area (Å²) in [6.07, 6.45) is 4.64. The van der Waals surface area contributed by atoms with E-state index in [-0.39, 0.29) is 0 Å². The Kier molecular flexibility index (Phi) is 2.18. The van der Waals surface area contributed by atoms with E-state index in [1.165, 1.54) is 53.2 Å².